The molecule has 0 unspecified atom stereocenters. The molecule has 0 aromatic carbocycles. The number of carbonyl (C=O) groups excluding carboxylic acids is 1. The van der Waals surface area contributed by atoms with E-state index in [1.165, 1.54) is 0 Å². The number of cyclic esters (lactones) is 1. The summed E-state index contributed by atoms with van der Waals surface area (Å²) < 4.78 is 3.01. The van der Waals surface area contributed by atoms with Crippen LogP contribution in [-0.4, -0.2) is 20.7 Å². The molecule has 0 aromatic rings. The van der Waals surface area contributed by atoms with Crippen LogP contribution in [0.2, 0.25) is 0 Å². The standard InChI is InChI=1S/C4H2BrCl3O2/c5-1-2(4(6,7)8)10-3(1)9/h1-2H/t1-,2+/m0/s1. The molecule has 2 atom stereocenters. The maximum absolute atomic E-state index is 10.4. The minimum atomic E-state index is -1.53. The third kappa shape index (κ3) is 1.52. The molecule has 0 amide bonds. The summed E-state index contributed by atoms with van der Waals surface area (Å²) in [6.07, 6.45) is -0.662. The Bertz CT molecular complexity index is 166. The molecule has 0 radical (unpaired) electrons. The molecule has 1 rings (SSSR count). The lowest BCUT2D eigenvalue weighted by molar-refractivity contribution is -0.166. The zero-order chi connectivity index (χ0) is 7.94. The summed E-state index contributed by atoms with van der Waals surface area (Å²) in [5, 5.41) is 0. The van der Waals surface area contributed by atoms with E-state index >= 15 is 0 Å². The minimum absolute atomic E-state index is 0.392. The first-order valence-electron chi connectivity index (χ1n) is 2.34. The fourth-order valence-electron chi connectivity index (χ4n) is 0.534. The van der Waals surface area contributed by atoms with Crippen LogP contribution in [0, 0.1) is 0 Å². The van der Waals surface area contributed by atoms with Gasteiger partial charge in [-0.1, -0.05) is 50.7 Å². The zero-order valence-electron chi connectivity index (χ0n) is 4.48. The van der Waals surface area contributed by atoms with Gasteiger partial charge in [-0.2, -0.15) is 0 Å². The number of hydrogen-bond donors (Lipinski definition) is 0. The second kappa shape index (κ2) is 2.70. The fraction of sp³-hybridized carbons (Fsp3) is 0.750. The third-order valence-electron chi connectivity index (χ3n) is 1.06. The first-order chi connectivity index (χ1) is 4.43. The Morgan fingerprint density at radius 1 is 1.50 bits per heavy atom. The second-order valence-electron chi connectivity index (χ2n) is 1.80. The van der Waals surface area contributed by atoms with Crippen LogP contribution in [0.25, 0.3) is 0 Å². The van der Waals surface area contributed by atoms with Crippen LogP contribution in [0.3, 0.4) is 0 Å². The molecule has 1 fully saturated rings. The van der Waals surface area contributed by atoms with Gasteiger partial charge in [0.15, 0.2) is 10.9 Å². The Labute approximate surface area is 80.9 Å². The maximum Gasteiger partial charge on any atom is 0.324 e. The van der Waals surface area contributed by atoms with Gasteiger partial charge in [-0.3, -0.25) is 4.79 Å². The van der Waals surface area contributed by atoms with E-state index in [4.69, 9.17) is 34.8 Å². The van der Waals surface area contributed by atoms with Gasteiger partial charge in [0.05, 0.1) is 0 Å². The zero-order valence-corrected chi connectivity index (χ0v) is 8.34. The average Bonchev–Trinajstić information content (AvgIpc) is 1.79. The topological polar surface area (TPSA) is 26.3 Å². The normalized spacial score (nSPS) is 33.0. The van der Waals surface area contributed by atoms with Crippen LogP contribution < -0.4 is 0 Å². The van der Waals surface area contributed by atoms with Gasteiger partial charge in [-0.25, -0.2) is 0 Å². The van der Waals surface area contributed by atoms with Crippen molar-refractivity contribution in [3.05, 3.63) is 0 Å². The first-order valence-corrected chi connectivity index (χ1v) is 4.39. The number of esters is 1. The van der Waals surface area contributed by atoms with Gasteiger partial charge in [0.1, 0.15) is 0 Å². The predicted octanol–water partition coefficient (Wildman–Crippen LogP) is 2.05. The van der Waals surface area contributed by atoms with Crippen molar-refractivity contribution in [3.63, 3.8) is 0 Å². The van der Waals surface area contributed by atoms with Gasteiger partial charge >= 0.3 is 5.97 Å². The molecule has 6 heteroatoms. The molecular weight excluding hydrogens is 266 g/mol. The number of halogens is 4. The molecular formula is C4H2BrCl3O2. The van der Waals surface area contributed by atoms with E-state index in [0.29, 0.717) is 0 Å². The number of ether oxygens (including phenoxy) is 1. The van der Waals surface area contributed by atoms with Crippen molar-refractivity contribution < 1.29 is 9.53 Å². The molecule has 2 nitrogen and oxygen atoms in total. The Morgan fingerprint density at radius 3 is 2.10 bits per heavy atom. The van der Waals surface area contributed by atoms with Crippen molar-refractivity contribution in [3.8, 4) is 0 Å². The van der Waals surface area contributed by atoms with Gasteiger partial charge < -0.3 is 4.74 Å². The highest BCUT2D eigenvalue weighted by Gasteiger charge is 2.52. The van der Waals surface area contributed by atoms with Crippen molar-refractivity contribution in [2.45, 2.75) is 14.7 Å². The summed E-state index contributed by atoms with van der Waals surface area (Å²) in [5.41, 5.74) is 0. The smallest absolute Gasteiger partial charge is 0.324 e. The van der Waals surface area contributed by atoms with Gasteiger partial charge in [0.25, 0.3) is 0 Å². The first kappa shape index (κ1) is 8.91. The summed E-state index contributed by atoms with van der Waals surface area (Å²) in [4.78, 5) is 9.96. The van der Waals surface area contributed by atoms with Gasteiger partial charge in [0, 0.05) is 0 Å². The average molecular weight is 268 g/mol. The molecule has 58 valence electrons. The van der Waals surface area contributed by atoms with Crippen molar-refractivity contribution in [2.75, 3.05) is 0 Å². The molecule has 1 heterocycles. The summed E-state index contributed by atoms with van der Waals surface area (Å²) >= 11 is 19.3. The van der Waals surface area contributed by atoms with Crippen molar-refractivity contribution >= 4 is 56.7 Å². The van der Waals surface area contributed by atoms with E-state index in [1.807, 2.05) is 0 Å². The lowest BCUT2D eigenvalue weighted by Crippen LogP contribution is -2.53. The summed E-state index contributed by atoms with van der Waals surface area (Å²) in [5.74, 6) is -0.392. The highest BCUT2D eigenvalue weighted by atomic mass is 79.9. The van der Waals surface area contributed by atoms with Crippen molar-refractivity contribution in [1.82, 2.24) is 0 Å². The van der Waals surface area contributed by atoms with E-state index in [9.17, 15) is 4.79 Å². The van der Waals surface area contributed by atoms with Crippen molar-refractivity contribution in [2.24, 2.45) is 0 Å². The summed E-state index contributed by atoms with van der Waals surface area (Å²) in [7, 11) is 0. The molecule has 0 spiro atoms. The minimum Gasteiger partial charge on any atom is -0.455 e. The predicted molar refractivity (Wildman–Crippen MR) is 42.9 cm³/mol. The monoisotopic (exact) mass is 266 g/mol. The molecule has 0 aliphatic carbocycles. The van der Waals surface area contributed by atoms with Crippen molar-refractivity contribution in [1.29, 1.82) is 0 Å². The summed E-state index contributed by atoms with van der Waals surface area (Å²) in [6.45, 7) is 0. The number of carbonyl (C=O) groups is 1. The Kier molecular flexibility index (Phi) is 2.41. The molecule has 0 saturated carbocycles. The molecule has 10 heavy (non-hydrogen) atoms. The molecule has 1 saturated heterocycles. The number of rotatable bonds is 0. The van der Waals surface area contributed by atoms with Crippen LogP contribution in [0.5, 0.6) is 0 Å². The van der Waals surface area contributed by atoms with Crippen LogP contribution in [0.1, 0.15) is 0 Å². The van der Waals surface area contributed by atoms with E-state index in [2.05, 4.69) is 20.7 Å². The Morgan fingerprint density at radius 2 is 2.00 bits per heavy atom. The molecule has 0 bridgehead atoms. The van der Waals surface area contributed by atoms with Crippen LogP contribution in [0.15, 0.2) is 0 Å². The fourth-order valence-corrected chi connectivity index (χ4v) is 2.11. The largest absolute Gasteiger partial charge is 0.455 e. The number of alkyl halides is 4. The summed E-state index contributed by atoms with van der Waals surface area (Å²) in [6, 6.07) is 0. The van der Waals surface area contributed by atoms with E-state index in [-0.39, 0.29) is 0 Å². The molecule has 0 aromatic heterocycles. The maximum atomic E-state index is 10.4. The second-order valence-corrected chi connectivity index (χ2v) is 5.16. The number of hydrogen-bond acceptors (Lipinski definition) is 2. The lowest BCUT2D eigenvalue weighted by atomic mass is 10.2. The van der Waals surface area contributed by atoms with E-state index in [0.717, 1.165) is 0 Å². The van der Waals surface area contributed by atoms with Gasteiger partial charge in [-0.15, -0.1) is 0 Å². The van der Waals surface area contributed by atoms with Crippen LogP contribution in [-0.2, 0) is 9.53 Å². The SMILES string of the molecule is O=C1O[C@@H](C(Cl)(Cl)Cl)[C@@H]1Br. The third-order valence-corrected chi connectivity index (χ3v) is 2.56. The van der Waals surface area contributed by atoms with Gasteiger partial charge in [0.2, 0.25) is 3.79 Å². The molecule has 0 N–H and O–H groups in total. The van der Waals surface area contributed by atoms with Crippen LogP contribution >= 0.6 is 50.7 Å². The Balaban J connectivity index is 2.56. The lowest BCUT2D eigenvalue weighted by Gasteiger charge is -2.35. The highest BCUT2D eigenvalue weighted by Crippen LogP contribution is 2.41. The molecule has 1 aliphatic heterocycles. The van der Waals surface area contributed by atoms with Gasteiger partial charge in [-0.05, 0) is 0 Å². The highest BCUT2D eigenvalue weighted by molar-refractivity contribution is 9.10. The van der Waals surface area contributed by atoms with E-state index in [1.54, 1.807) is 0 Å². The van der Waals surface area contributed by atoms with Crippen LogP contribution in [0.4, 0.5) is 0 Å². The Hall–Kier alpha value is 0.820. The quantitative estimate of drug-likeness (QED) is 0.496. The van der Waals surface area contributed by atoms with E-state index < -0.39 is 20.7 Å². The molecule has 1 aliphatic rings.